The van der Waals surface area contributed by atoms with Gasteiger partial charge in [0.2, 0.25) is 0 Å². The Morgan fingerprint density at radius 2 is 1.73 bits per heavy atom. The van der Waals surface area contributed by atoms with E-state index in [0.717, 1.165) is 22.7 Å². The van der Waals surface area contributed by atoms with E-state index in [4.69, 9.17) is 0 Å². The van der Waals surface area contributed by atoms with Crippen molar-refractivity contribution in [3.05, 3.63) is 66.2 Å². The lowest BCUT2D eigenvalue weighted by Gasteiger charge is -2.04. The number of carbonyl (C=O) groups excluding carboxylic acids is 1. The molecule has 3 rings (SSSR count). The van der Waals surface area contributed by atoms with E-state index in [1.54, 1.807) is 0 Å². The van der Waals surface area contributed by atoms with Crippen LogP contribution in [0.4, 0.5) is 0 Å². The molecule has 1 heterocycles. The Morgan fingerprint density at radius 1 is 1.08 bits per heavy atom. The molecular formula is C19H19N5OS. The highest BCUT2D eigenvalue weighted by Crippen LogP contribution is 2.22. The van der Waals surface area contributed by atoms with E-state index in [-0.39, 0.29) is 11.7 Å². The number of amides is 1. The molecule has 7 heteroatoms. The van der Waals surface area contributed by atoms with Crippen LogP contribution < -0.4 is 5.43 Å². The second-order valence-electron chi connectivity index (χ2n) is 5.62. The van der Waals surface area contributed by atoms with Gasteiger partial charge in [0.25, 0.3) is 5.91 Å². The minimum atomic E-state index is -0.186. The molecule has 1 N–H and O–H groups in total. The van der Waals surface area contributed by atoms with Crippen LogP contribution in [0.15, 0.2) is 70.9 Å². The molecule has 0 saturated heterocycles. The zero-order chi connectivity index (χ0) is 18.4. The fraction of sp³-hybridized carbons (Fsp3) is 0.158. The molecule has 3 aromatic rings. The van der Waals surface area contributed by atoms with E-state index in [0.29, 0.717) is 5.16 Å². The monoisotopic (exact) mass is 365 g/mol. The molecule has 1 aromatic heterocycles. The third-order valence-electron chi connectivity index (χ3n) is 3.74. The van der Waals surface area contributed by atoms with Crippen molar-refractivity contribution in [2.45, 2.75) is 12.1 Å². The number of hydrogen-bond donors (Lipinski definition) is 1. The van der Waals surface area contributed by atoms with E-state index >= 15 is 0 Å². The number of thioether (sulfide) groups is 1. The molecule has 26 heavy (non-hydrogen) atoms. The molecule has 0 saturated carbocycles. The third-order valence-corrected chi connectivity index (χ3v) is 4.76. The fourth-order valence-electron chi connectivity index (χ4n) is 2.33. The summed E-state index contributed by atoms with van der Waals surface area (Å²) in [4.78, 5) is 12.0. The number of nitrogens with zero attached hydrogens (tertiary/aromatic N) is 4. The van der Waals surface area contributed by atoms with E-state index in [1.165, 1.54) is 11.8 Å². The van der Waals surface area contributed by atoms with Crippen LogP contribution in [0.5, 0.6) is 0 Å². The number of benzene rings is 2. The van der Waals surface area contributed by atoms with E-state index in [2.05, 4.69) is 20.7 Å². The van der Waals surface area contributed by atoms with Crippen LogP contribution in [0.1, 0.15) is 12.5 Å². The Labute approximate surface area is 156 Å². The lowest BCUT2D eigenvalue weighted by Crippen LogP contribution is -2.21. The van der Waals surface area contributed by atoms with Crippen LogP contribution in [0.25, 0.3) is 11.4 Å². The lowest BCUT2D eigenvalue weighted by molar-refractivity contribution is -0.118. The molecule has 0 radical (unpaired) electrons. The summed E-state index contributed by atoms with van der Waals surface area (Å²) in [5.41, 5.74) is 5.30. The molecule has 0 aliphatic carbocycles. The van der Waals surface area contributed by atoms with Crippen molar-refractivity contribution in [3.63, 3.8) is 0 Å². The number of rotatable bonds is 6. The minimum Gasteiger partial charge on any atom is -0.305 e. The predicted octanol–water partition coefficient (Wildman–Crippen LogP) is 3.11. The molecule has 1 amide bonds. The highest BCUT2D eigenvalue weighted by molar-refractivity contribution is 7.99. The second kappa shape index (κ2) is 8.44. The van der Waals surface area contributed by atoms with Gasteiger partial charge in [-0.1, -0.05) is 72.4 Å². The molecule has 0 aliphatic heterocycles. The van der Waals surface area contributed by atoms with Gasteiger partial charge in [0.15, 0.2) is 11.0 Å². The Kier molecular flexibility index (Phi) is 5.80. The normalized spacial score (nSPS) is 11.4. The van der Waals surface area contributed by atoms with Crippen molar-refractivity contribution in [1.29, 1.82) is 0 Å². The SMILES string of the molecule is C/C(=N/NC(=O)CSc1nnc(-c2ccccc2)n1C)c1ccccc1. The lowest BCUT2D eigenvalue weighted by atomic mass is 10.1. The summed E-state index contributed by atoms with van der Waals surface area (Å²) >= 11 is 1.33. The molecule has 0 aliphatic rings. The number of hydrogen-bond acceptors (Lipinski definition) is 5. The average Bonchev–Trinajstić information content (AvgIpc) is 3.06. The van der Waals surface area contributed by atoms with Crippen molar-refractivity contribution in [2.75, 3.05) is 5.75 Å². The maximum absolute atomic E-state index is 12.0. The molecule has 0 spiro atoms. The van der Waals surface area contributed by atoms with Gasteiger partial charge in [-0.2, -0.15) is 5.10 Å². The standard InChI is InChI=1S/C19H19N5OS/c1-14(15-9-5-3-6-10-15)20-21-17(25)13-26-19-23-22-18(24(19)2)16-11-7-4-8-12-16/h3-12H,13H2,1-2H3,(H,21,25)/b20-14-. The van der Waals surface area contributed by atoms with Crippen LogP contribution in [0.2, 0.25) is 0 Å². The van der Waals surface area contributed by atoms with Crippen LogP contribution in [0.3, 0.4) is 0 Å². The first kappa shape index (κ1) is 17.9. The number of hydrazone groups is 1. The Hall–Kier alpha value is -2.93. The molecule has 6 nitrogen and oxygen atoms in total. The number of aromatic nitrogens is 3. The van der Waals surface area contributed by atoms with Gasteiger partial charge in [0.05, 0.1) is 11.5 Å². The van der Waals surface area contributed by atoms with Gasteiger partial charge in [0, 0.05) is 12.6 Å². The van der Waals surface area contributed by atoms with Gasteiger partial charge in [-0.15, -0.1) is 10.2 Å². The third kappa shape index (κ3) is 4.37. The summed E-state index contributed by atoms with van der Waals surface area (Å²) in [6.45, 7) is 1.86. The van der Waals surface area contributed by atoms with Gasteiger partial charge in [0.1, 0.15) is 0 Å². The summed E-state index contributed by atoms with van der Waals surface area (Å²) in [5, 5.41) is 13.2. The maximum atomic E-state index is 12.0. The number of nitrogens with one attached hydrogen (secondary N) is 1. The maximum Gasteiger partial charge on any atom is 0.250 e. The van der Waals surface area contributed by atoms with Crippen molar-refractivity contribution in [3.8, 4) is 11.4 Å². The molecule has 2 aromatic carbocycles. The fourth-order valence-corrected chi connectivity index (χ4v) is 3.04. The molecular weight excluding hydrogens is 346 g/mol. The van der Waals surface area contributed by atoms with Crippen molar-refractivity contribution < 1.29 is 4.79 Å². The predicted molar refractivity (Wildman–Crippen MR) is 104 cm³/mol. The van der Waals surface area contributed by atoms with E-state index < -0.39 is 0 Å². The average molecular weight is 365 g/mol. The van der Waals surface area contributed by atoms with E-state index in [1.807, 2.05) is 79.2 Å². The van der Waals surface area contributed by atoms with Crippen molar-refractivity contribution in [1.82, 2.24) is 20.2 Å². The van der Waals surface area contributed by atoms with Crippen LogP contribution in [0, 0.1) is 0 Å². The number of carbonyl (C=O) groups is 1. The quantitative estimate of drug-likeness (QED) is 0.414. The molecule has 132 valence electrons. The highest BCUT2D eigenvalue weighted by atomic mass is 32.2. The first-order valence-corrected chi connectivity index (χ1v) is 9.10. The summed E-state index contributed by atoms with van der Waals surface area (Å²) in [7, 11) is 1.89. The molecule has 0 fully saturated rings. The Balaban J connectivity index is 1.58. The van der Waals surface area contributed by atoms with Gasteiger partial charge < -0.3 is 4.57 Å². The van der Waals surface area contributed by atoms with Gasteiger partial charge in [-0.3, -0.25) is 4.79 Å². The zero-order valence-electron chi connectivity index (χ0n) is 14.6. The van der Waals surface area contributed by atoms with Crippen molar-refractivity contribution >= 4 is 23.4 Å². The molecule has 0 atom stereocenters. The smallest absolute Gasteiger partial charge is 0.250 e. The highest BCUT2D eigenvalue weighted by Gasteiger charge is 2.12. The van der Waals surface area contributed by atoms with Gasteiger partial charge in [-0.25, -0.2) is 5.43 Å². The Bertz CT molecular complexity index is 906. The molecule has 0 unspecified atom stereocenters. The largest absolute Gasteiger partial charge is 0.305 e. The summed E-state index contributed by atoms with van der Waals surface area (Å²) < 4.78 is 1.88. The zero-order valence-corrected chi connectivity index (χ0v) is 15.4. The van der Waals surface area contributed by atoms with Crippen molar-refractivity contribution in [2.24, 2.45) is 12.1 Å². The van der Waals surface area contributed by atoms with Gasteiger partial charge in [-0.05, 0) is 12.5 Å². The summed E-state index contributed by atoms with van der Waals surface area (Å²) in [5.74, 6) is 0.799. The Morgan fingerprint density at radius 3 is 2.42 bits per heavy atom. The first-order chi connectivity index (χ1) is 12.6. The first-order valence-electron chi connectivity index (χ1n) is 8.11. The van der Waals surface area contributed by atoms with E-state index in [9.17, 15) is 4.79 Å². The van der Waals surface area contributed by atoms with Crippen LogP contribution >= 0.6 is 11.8 Å². The van der Waals surface area contributed by atoms with Crippen LogP contribution in [-0.2, 0) is 11.8 Å². The van der Waals surface area contributed by atoms with Gasteiger partial charge >= 0.3 is 0 Å². The van der Waals surface area contributed by atoms with Crippen LogP contribution in [-0.4, -0.2) is 32.1 Å². The summed E-state index contributed by atoms with van der Waals surface area (Å²) in [6, 6.07) is 19.5. The molecule has 0 bridgehead atoms. The summed E-state index contributed by atoms with van der Waals surface area (Å²) in [6.07, 6.45) is 0. The second-order valence-corrected chi connectivity index (χ2v) is 6.56. The topological polar surface area (TPSA) is 72.2 Å². The minimum absolute atomic E-state index is 0.186.